The molecule has 7 heteroatoms. The number of hydrogen-bond acceptors (Lipinski definition) is 7. The summed E-state index contributed by atoms with van der Waals surface area (Å²) in [5.41, 5.74) is 7.02. The molecule has 0 saturated heterocycles. The Bertz CT molecular complexity index is 1320. The molecule has 4 heterocycles. The number of rotatable bonds is 15. The van der Waals surface area contributed by atoms with Crippen LogP contribution in [-0.2, 0) is 45.7 Å². The van der Waals surface area contributed by atoms with E-state index in [2.05, 4.69) is 48.8 Å². The lowest BCUT2D eigenvalue weighted by atomic mass is 9.99. The van der Waals surface area contributed by atoms with Crippen molar-refractivity contribution >= 4 is 0 Å². The van der Waals surface area contributed by atoms with E-state index in [1.165, 1.54) is 5.56 Å². The van der Waals surface area contributed by atoms with Crippen molar-refractivity contribution in [2.45, 2.75) is 65.5 Å². The Labute approximate surface area is 255 Å². The van der Waals surface area contributed by atoms with Gasteiger partial charge in [0.15, 0.2) is 0 Å². The Hall–Kier alpha value is -4.46. The van der Waals surface area contributed by atoms with Crippen molar-refractivity contribution in [3.8, 4) is 5.75 Å². The highest BCUT2D eigenvalue weighted by Crippen LogP contribution is 2.30. The lowest BCUT2D eigenvalue weighted by Crippen LogP contribution is -2.25. The van der Waals surface area contributed by atoms with Crippen molar-refractivity contribution in [3.63, 3.8) is 0 Å². The average Bonchev–Trinajstić information content (AvgIpc) is 3.04. The Morgan fingerprint density at radius 2 is 0.907 bits per heavy atom. The van der Waals surface area contributed by atoms with E-state index < -0.39 is 0 Å². The second kappa shape index (κ2) is 15.7. The van der Waals surface area contributed by atoms with Gasteiger partial charge >= 0.3 is 0 Å². The minimum absolute atomic E-state index is 0.347. The summed E-state index contributed by atoms with van der Waals surface area (Å²) in [5.74, 6) is 0.347. The molecule has 0 atom stereocenters. The number of benzene rings is 1. The van der Waals surface area contributed by atoms with E-state index in [1.54, 1.807) is 0 Å². The molecule has 43 heavy (non-hydrogen) atoms. The summed E-state index contributed by atoms with van der Waals surface area (Å²) in [6.45, 7) is 5.96. The number of aromatic hydroxyl groups is 1. The minimum atomic E-state index is 0.347. The first-order valence-corrected chi connectivity index (χ1v) is 15.0. The highest BCUT2D eigenvalue weighted by Gasteiger charge is 2.19. The quantitative estimate of drug-likeness (QED) is 0.149. The Balaban J connectivity index is 1.45. The zero-order valence-electron chi connectivity index (χ0n) is 24.9. The van der Waals surface area contributed by atoms with Gasteiger partial charge in [-0.05, 0) is 66.9 Å². The number of aryl methyl sites for hydroxylation is 1. The van der Waals surface area contributed by atoms with Crippen LogP contribution >= 0.6 is 0 Å². The standard InChI is InChI=1S/C36H40N6O/c1-2-3-12-29-21-30(23-41(25-32-13-4-8-17-37-32)26-33-14-5-9-18-38-33)36(43)31(22-29)24-42(27-34-15-6-10-19-39-34)28-35-16-7-11-20-40-35/h4-11,13-22,43H,2-3,12,23-28H2,1H3. The van der Waals surface area contributed by atoms with Gasteiger partial charge in [-0.3, -0.25) is 29.7 Å². The third-order valence-electron chi connectivity index (χ3n) is 7.38. The van der Waals surface area contributed by atoms with Crippen LogP contribution in [0.15, 0.2) is 110 Å². The van der Waals surface area contributed by atoms with Crippen molar-refractivity contribution in [2.24, 2.45) is 0 Å². The van der Waals surface area contributed by atoms with Crippen LogP contribution in [0, 0.1) is 0 Å². The van der Waals surface area contributed by atoms with E-state index in [4.69, 9.17) is 0 Å². The zero-order valence-corrected chi connectivity index (χ0v) is 24.9. The molecular weight excluding hydrogens is 532 g/mol. The first-order valence-electron chi connectivity index (χ1n) is 15.0. The van der Waals surface area contributed by atoms with Gasteiger partial charge in [-0.15, -0.1) is 0 Å². The van der Waals surface area contributed by atoms with Gasteiger partial charge in [0.05, 0.1) is 22.8 Å². The second-order valence-corrected chi connectivity index (χ2v) is 10.9. The molecule has 0 radical (unpaired) electrons. The molecule has 1 aromatic carbocycles. The van der Waals surface area contributed by atoms with Gasteiger partial charge in [0, 0.05) is 75.2 Å². The molecule has 0 saturated carbocycles. The molecule has 220 valence electrons. The third kappa shape index (κ3) is 9.26. The zero-order chi connectivity index (χ0) is 29.7. The van der Waals surface area contributed by atoms with Crippen molar-refractivity contribution in [3.05, 3.63) is 149 Å². The number of phenols is 1. The molecule has 0 bridgehead atoms. The van der Waals surface area contributed by atoms with E-state index in [9.17, 15) is 5.11 Å². The molecule has 7 nitrogen and oxygen atoms in total. The fraction of sp³-hybridized carbons (Fsp3) is 0.278. The van der Waals surface area contributed by atoms with E-state index in [-0.39, 0.29) is 0 Å². The number of nitrogens with zero attached hydrogens (tertiary/aromatic N) is 6. The van der Waals surface area contributed by atoms with Gasteiger partial charge in [-0.25, -0.2) is 0 Å². The number of hydrogen-bond donors (Lipinski definition) is 1. The molecule has 0 unspecified atom stereocenters. The highest BCUT2D eigenvalue weighted by molar-refractivity contribution is 5.44. The van der Waals surface area contributed by atoms with Crippen LogP contribution in [0.3, 0.4) is 0 Å². The molecule has 4 aromatic heterocycles. The lowest BCUT2D eigenvalue weighted by Gasteiger charge is -2.26. The molecule has 0 aliphatic heterocycles. The molecule has 5 aromatic rings. The minimum Gasteiger partial charge on any atom is -0.507 e. The van der Waals surface area contributed by atoms with Crippen LogP contribution in [0.25, 0.3) is 0 Å². The first-order chi connectivity index (χ1) is 21.2. The Morgan fingerprint density at radius 3 is 1.21 bits per heavy atom. The van der Waals surface area contributed by atoms with Crippen LogP contribution in [-0.4, -0.2) is 34.8 Å². The van der Waals surface area contributed by atoms with E-state index in [0.717, 1.165) is 53.2 Å². The largest absolute Gasteiger partial charge is 0.507 e. The fourth-order valence-electron chi connectivity index (χ4n) is 5.30. The SMILES string of the molecule is CCCCc1cc(CN(Cc2ccccn2)Cc2ccccn2)c(O)c(CN(Cc2ccccn2)Cc2ccccn2)c1. The summed E-state index contributed by atoms with van der Waals surface area (Å²) in [4.78, 5) is 22.9. The number of phenolic OH excluding ortho intramolecular Hbond substituents is 1. The van der Waals surface area contributed by atoms with Gasteiger partial charge in [0.25, 0.3) is 0 Å². The van der Waals surface area contributed by atoms with Crippen molar-refractivity contribution in [1.82, 2.24) is 29.7 Å². The molecule has 0 fully saturated rings. The van der Waals surface area contributed by atoms with Crippen molar-refractivity contribution in [1.29, 1.82) is 0 Å². The van der Waals surface area contributed by atoms with Crippen molar-refractivity contribution < 1.29 is 5.11 Å². The van der Waals surface area contributed by atoms with E-state index >= 15 is 0 Å². The van der Waals surface area contributed by atoms with Gasteiger partial charge in [-0.2, -0.15) is 0 Å². The summed E-state index contributed by atoms with van der Waals surface area (Å²) in [7, 11) is 0. The maximum absolute atomic E-state index is 11.8. The topological polar surface area (TPSA) is 78.3 Å². The molecule has 0 aliphatic rings. The summed E-state index contributed by atoms with van der Waals surface area (Å²) in [6, 6.07) is 28.3. The van der Waals surface area contributed by atoms with Gasteiger partial charge in [0.2, 0.25) is 0 Å². The second-order valence-electron chi connectivity index (χ2n) is 10.9. The van der Waals surface area contributed by atoms with Crippen LogP contribution in [0.2, 0.25) is 0 Å². The molecule has 1 N–H and O–H groups in total. The van der Waals surface area contributed by atoms with Crippen LogP contribution in [0.5, 0.6) is 5.75 Å². The predicted molar refractivity (Wildman–Crippen MR) is 170 cm³/mol. The summed E-state index contributed by atoms with van der Waals surface area (Å²) >= 11 is 0. The van der Waals surface area contributed by atoms with Gasteiger partial charge in [-0.1, -0.05) is 49.7 Å². The van der Waals surface area contributed by atoms with Gasteiger partial charge in [0.1, 0.15) is 5.75 Å². The highest BCUT2D eigenvalue weighted by atomic mass is 16.3. The van der Waals surface area contributed by atoms with E-state index in [0.29, 0.717) is 45.0 Å². The van der Waals surface area contributed by atoms with E-state index in [1.807, 2.05) is 97.6 Å². The molecule has 0 amide bonds. The third-order valence-corrected chi connectivity index (χ3v) is 7.38. The smallest absolute Gasteiger partial charge is 0.124 e. The molecule has 5 rings (SSSR count). The predicted octanol–water partition coefficient (Wildman–Crippen LogP) is 6.72. The monoisotopic (exact) mass is 572 g/mol. The molecule has 0 aliphatic carbocycles. The van der Waals surface area contributed by atoms with Crippen LogP contribution in [0.1, 0.15) is 59.2 Å². The fourth-order valence-corrected chi connectivity index (χ4v) is 5.30. The summed E-state index contributed by atoms with van der Waals surface area (Å²) in [6.07, 6.45) is 10.5. The maximum atomic E-state index is 11.8. The normalized spacial score (nSPS) is 11.3. The summed E-state index contributed by atoms with van der Waals surface area (Å²) in [5, 5.41) is 11.8. The van der Waals surface area contributed by atoms with Crippen LogP contribution in [0.4, 0.5) is 0 Å². The molecular formula is C36H40N6O. The summed E-state index contributed by atoms with van der Waals surface area (Å²) < 4.78 is 0. The Morgan fingerprint density at radius 1 is 0.535 bits per heavy atom. The maximum Gasteiger partial charge on any atom is 0.124 e. The molecule has 0 spiro atoms. The first kappa shape index (κ1) is 30.0. The Kier molecular flexibility index (Phi) is 10.9. The average molecular weight is 573 g/mol. The van der Waals surface area contributed by atoms with Crippen molar-refractivity contribution in [2.75, 3.05) is 0 Å². The number of unbranched alkanes of at least 4 members (excludes halogenated alkanes) is 1. The number of pyridine rings is 4. The van der Waals surface area contributed by atoms with Crippen LogP contribution < -0.4 is 0 Å². The lowest BCUT2D eigenvalue weighted by molar-refractivity contribution is 0.231. The van der Waals surface area contributed by atoms with Gasteiger partial charge < -0.3 is 5.11 Å². The number of aromatic nitrogens is 4.